The quantitative estimate of drug-likeness (QED) is 0.498. The predicted molar refractivity (Wildman–Crippen MR) is 124 cm³/mol. The van der Waals surface area contributed by atoms with Crippen molar-refractivity contribution >= 4 is 22.9 Å². The summed E-state index contributed by atoms with van der Waals surface area (Å²) in [7, 11) is 0. The van der Waals surface area contributed by atoms with Crippen LogP contribution in [0.25, 0.3) is 33.3 Å². The molecule has 0 saturated carbocycles. The predicted octanol–water partition coefficient (Wildman–Crippen LogP) is 4.67. The Labute approximate surface area is 190 Å². The van der Waals surface area contributed by atoms with Gasteiger partial charge in [-0.3, -0.25) is 10.3 Å². The number of benzene rings is 2. The molecule has 4 aromatic rings. The lowest BCUT2D eigenvalue weighted by atomic mass is 9.98. The fourth-order valence-electron chi connectivity index (χ4n) is 3.87. The average molecular weight is 443 g/mol. The first kappa shape index (κ1) is 21.0. The maximum atomic E-state index is 13.6. The summed E-state index contributed by atoms with van der Waals surface area (Å²) in [5, 5.41) is 3.81. The van der Waals surface area contributed by atoms with Gasteiger partial charge in [-0.2, -0.15) is 0 Å². The molecule has 2 amide bonds. The van der Waals surface area contributed by atoms with E-state index < -0.39 is 0 Å². The monoisotopic (exact) mass is 443 g/mol. The van der Waals surface area contributed by atoms with Gasteiger partial charge in [0.05, 0.1) is 24.4 Å². The van der Waals surface area contributed by atoms with E-state index in [1.165, 1.54) is 12.1 Å². The van der Waals surface area contributed by atoms with Gasteiger partial charge in [0.2, 0.25) is 5.95 Å². The Morgan fingerprint density at radius 2 is 1.79 bits per heavy atom. The number of rotatable bonds is 3. The van der Waals surface area contributed by atoms with Crippen molar-refractivity contribution in [3.05, 3.63) is 72.3 Å². The van der Waals surface area contributed by atoms with Crippen molar-refractivity contribution in [2.75, 3.05) is 31.6 Å². The van der Waals surface area contributed by atoms with Gasteiger partial charge in [-0.25, -0.2) is 19.2 Å². The van der Waals surface area contributed by atoms with Gasteiger partial charge in [-0.05, 0) is 60.5 Å². The van der Waals surface area contributed by atoms with E-state index in [1.807, 2.05) is 25.1 Å². The number of nitrogens with one attached hydrogen (secondary N) is 1. The maximum Gasteiger partial charge on any atom is 0.324 e. The third-order valence-corrected chi connectivity index (χ3v) is 5.69. The minimum Gasteiger partial charge on any atom is -0.378 e. The summed E-state index contributed by atoms with van der Waals surface area (Å²) in [6.45, 7) is 4.07. The lowest BCUT2D eigenvalue weighted by molar-refractivity contribution is 0.0564. The van der Waals surface area contributed by atoms with Crippen molar-refractivity contribution in [3.63, 3.8) is 0 Å². The molecule has 0 aliphatic carbocycles. The second kappa shape index (κ2) is 8.91. The number of carbonyl (C=O) groups excluding carboxylic acids is 1. The van der Waals surface area contributed by atoms with Gasteiger partial charge in [0.1, 0.15) is 5.82 Å². The molecular formula is C25H22FN5O2. The van der Waals surface area contributed by atoms with E-state index in [-0.39, 0.29) is 17.8 Å². The van der Waals surface area contributed by atoms with Crippen molar-refractivity contribution in [2.24, 2.45) is 0 Å². The third-order valence-electron chi connectivity index (χ3n) is 5.69. The molecule has 0 unspecified atom stereocenters. The molecule has 0 atom stereocenters. The first-order valence-electron chi connectivity index (χ1n) is 10.7. The standard InChI is InChI=1S/C25H22FN5O2/c1-16-8-9-27-22-7-4-18(14-20(16)22)21-15-28-24(30-25(32)31-10-12-33-13-11-31)29-23(21)17-2-5-19(26)6-3-17/h2-9,14-15H,10-13H2,1H3,(H,28,29,30,32). The highest BCUT2D eigenvalue weighted by Crippen LogP contribution is 2.33. The van der Waals surface area contributed by atoms with Crippen LogP contribution in [0.3, 0.4) is 0 Å². The number of hydrogen-bond donors (Lipinski definition) is 1. The molecule has 7 nitrogen and oxygen atoms in total. The summed E-state index contributed by atoms with van der Waals surface area (Å²) in [6, 6.07) is 13.8. The number of ether oxygens (including phenoxy) is 1. The Bertz CT molecular complexity index is 1320. The second-order valence-corrected chi connectivity index (χ2v) is 7.85. The molecule has 5 rings (SSSR count). The number of halogens is 1. The third kappa shape index (κ3) is 4.38. The first-order chi connectivity index (χ1) is 16.1. The minimum absolute atomic E-state index is 0.188. The van der Waals surface area contributed by atoms with E-state index in [2.05, 4.69) is 26.3 Å². The SMILES string of the molecule is Cc1ccnc2ccc(-c3cnc(NC(=O)N4CCOCC4)nc3-c3ccc(F)cc3)cc12. The zero-order valence-corrected chi connectivity index (χ0v) is 18.1. The molecule has 1 fully saturated rings. The number of aryl methyl sites for hydroxylation is 1. The number of nitrogens with zero attached hydrogens (tertiary/aromatic N) is 4. The number of urea groups is 1. The van der Waals surface area contributed by atoms with Crippen molar-refractivity contribution in [1.29, 1.82) is 0 Å². The zero-order valence-electron chi connectivity index (χ0n) is 18.1. The van der Waals surface area contributed by atoms with Crippen LogP contribution in [0.1, 0.15) is 5.56 Å². The fraction of sp³-hybridized carbons (Fsp3) is 0.200. The highest BCUT2D eigenvalue weighted by Gasteiger charge is 2.19. The van der Waals surface area contributed by atoms with Crippen LogP contribution in [0, 0.1) is 12.7 Å². The highest BCUT2D eigenvalue weighted by atomic mass is 19.1. The topological polar surface area (TPSA) is 80.2 Å². The lowest BCUT2D eigenvalue weighted by Crippen LogP contribution is -2.43. The molecule has 0 spiro atoms. The largest absolute Gasteiger partial charge is 0.378 e. The molecule has 0 bridgehead atoms. The summed E-state index contributed by atoms with van der Waals surface area (Å²) in [5.41, 5.74) is 5.01. The normalized spacial score (nSPS) is 13.8. The highest BCUT2D eigenvalue weighted by molar-refractivity contribution is 5.91. The maximum absolute atomic E-state index is 13.6. The minimum atomic E-state index is -0.331. The van der Waals surface area contributed by atoms with Crippen LogP contribution < -0.4 is 5.32 Å². The Hall–Kier alpha value is -3.91. The van der Waals surface area contributed by atoms with Gasteiger partial charge in [-0.15, -0.1) is 0 Å². The molecule has 1 aliphatic heterocycles. The van der Waals surface area contributed by atoms with E-state index in [9.17, 15) is 9.18 Å². The van der Waals surface area contributed by atoms with Crippen LogP contribution in [0.15, 0.2) is 60.9 Å². The van der Waals surface area contributed by atoms with Crippen molar-refractivity contribution in [3.8, 4) is 22.4 Å². The van der Waals surface area contributed by atoms with Gasteiger partial charge < -0.3 is 9.64 Å². The molecule has 1 aliphatic rings. The van der Waals surface area contributed by atoms with Crippen LogP contribution in [0.4, 0.5) is 15.1 Å². The van der Waals surface area contributed by atoms with E-state index in [0.717, 1.165) is 33.2 Å². The zero-order chi connectivity index (χ0) is 22.8. The van der Waals surface area contributed by atoms with Gasteiger partial charge in [0, 0.05) is 42.0 Å². The number of fused-ring (bicyclic) bond motifs is 1. The Balaban J connectivity index is 1.56. The molecule has 2 aromatic carbocycles. The Morgan fingerprint density at radius 3 is 2.58 bits per heavy atom. The number of morpholine rings is 1. The number of anilines is 1. The van der Waals surface area contributed by atoms with Gasteiger partial charge in [-0.1, -0.05) is 6.07 Å². The van der Waals surface area contributed by atoms with Crippen LogP contribution in [0.5, 0.6) is 0 Å². The summed E-state index contributed by atoms with van der Waals surface area (Å²) in [6.07, 6.45) is 3.48. The summed E-state index contributed by atoms with van der Waals surface area (Å²) < 4.78 is 18.9. The van der Waals surface area contributed by atoms with Crippen LogP contribution in [0.2, 0.25) is 0 Å². The number of hydrogen-bond acceptors (Lipinski definition) is 5. The fourth-order valence-corrected chi connectivity index (χ4v) is 3.87. The molecule has 166 valence electrons. The molecule has 8 heteroatoms. The number of pyridine rings is 1. The number of amides is 2. The first-order valence-corrected chi connectivity index (χ1v) is 10.7. The Kier molecular flexibility index (Phi) is 5.66. The molecule has 33 heavy (non-hydrogen) atoms. The van der Waals surface area contributed by atoms with E-state index >= 15 is 0 Å². The second-order valence-electron chi connectivity index (χ2n) is 7.85. The van der Waals surface area contributed by atoms with Crippen LogP contribution >= 0.6 is 0 Å². The summed E-state index contributed by atoms with van der Waals surface area (Å²) >= 11 is 0. The van der Waals surface area contributed by atoms with E-state index in [1.54, 1.807) is 29.4 Å². The Morgan fingerprint density at radius 1 is 1.03 bits per heavy atom. The van der Waals surface area contributed by atoms with Crippen molar-refractivity contribution < 1.29 is 13.9 Å². The number of aromatic nitrogens is 3. The molecule has 2 aromatic heterocycles. The van der Waals surface area contributed by atoms with Gasteiger partial charge in [0.25, 0.3) is 0 Å². The van der Waals surface area contributed by atoms with E-state index in [4.69, 9.17) is 4.74 Å². The number of carbonyl (C=O) groups is 1. The summed E-state index contributed by atoms with van der Waals surface area (Å²) in [5.74, 6) is -0.143. The van der Waals surface area contributed by atoms with Crippen molar-refractivity contribution in [1.82, 2.24) is 19.9 Å². The molecule has 3 heterocycles. The van der Waals surface area contributed by atoms with Gasteiger partial charge >= 0.3 is 6.03 Å². The van der Waals surface area contributed by atoms with Crippen molar-refractivity contribution in [2.45, 2.75) is 6.92 Å². The van der Waals surface area contributed by atoms with Crippen LogP contribution in [-0.2, 0) is 4.74 Å². The summed E-state index contributed by atoms with van der Waals surface area (Å²) in [4.78, 5) is 27.8. The van der Waals surface area contributed by atoms with Crippen LogP contribution in [-0.4, -0.2) is 52.2 Å². The van der Waals surface area contributed by atoms with E-state index in [0.29, 0.717) is 32.0 Å². The molecular weight excluding hydrogens is 421 g/mol. The molecule has 1 N–H and O–H groups in total. The van der Waals surface area contributed by atoms with Gasteiger partial charge in [0.15, 0.2) is 0 Å². The lowest BCUT2D eigenvalue weighted by Gasteiger charge is -2.26. The molecule has 1 saturated heterocycles. The average Bonchev–Trinajstić information content (AvgIpc) is 2.85. The molecule has 0 radical (unpaired) electrons. The smallest absolute Gasteiger partial charge is 0.324 e.